The Kier molecular flexibility index (Phi) is 2.89. The van der Waals surface area contributed by atoms with Crippen LogP contribution in [0.15, 0.2) is 18.2 Å². The SMILES string of the molecule is Oc1ccc2c(c1)[C@@]13CCCC[C@H]1[C@@H](C2)N(C1CCC1)CC3. The second-order valence-corrected chi connectivity index (χ2v) is 8.19. The first-order valence-electron chi connectivity index (χ1n) is 9.36. The summed E-state index contributed by atoms with van der Waals surface area (Å²) in [6.45, 7) is 1.29. The molecule has 0 aromatic heterocycles. The molecule has 3 aliphatic carbocycles. The highest BCUT2D eigenvalue weighted by Gasteiger charge is 2.55. The minimum Gasteiger partial charge on any atom is -0.508 e. The van der Waals surface area contributed by atoms with E-state index in [0.717, 1.165) is 18.0 Å². The van der Waals surface area contributed by atoms with E-state index in [9.17, 15) is 5.11 Å². The smallest absolute Gasteiger partial charge is 0.115 e. The first kappa shape index (κ1) is 13.4. The number of fused-ring (bicyclic) bond motifs is 1. The van der Waals surface area contributed by atoms with E-state index in [1.807, 2.05) is 6.07 Å². The number of hydrogen-bond acceptors (Lipinski definition) is 2. The maximum atomic E-state index is 10.0. The molecule has 2 heteroatoms. The Morgan fingerprint density at radius 3 is 2.77 bits per heavy atom. The molecule has 3 fully saturated rings. The first-order valence-corrected chi connectivity index (χ1v) is 9.36. The number of piperidine rings is 1. The van der Waals surface area contributed by atoms with Crippen LogP contribution in [0.1, 0.15) is 62.5 Å². The van der Waals surface area contributed by atoms with Gasteiger partial charge in [-0.05, 0) is 74.2 Å². The molecule has 2 saturated carbocycles. The van der Waals surface area contributed by atoms with Crippen molar-refractivity contribution in [3.8, 4) is 5.75 Å². The van der Waals surface area contributed by atoms with Crippen molar-refractivity contribution in [3.05, 3.63) is 29.3 Å². The fourth-order valence-electron chi connectivity index (χ4n) is 6.19. The average molecular weight is 297 g/mol. The standard InChI is InChI=1S/C20H27NO/c22-16-8-7-14-12-19-17-6-1-2-9-20(17,18(14)13-16)10-11-21(19)15-4-3-5-15/h7-8,13,15,17,19,22H,1-6,9-12H2/t17-,19+,20+/m0/s1. The van der Waals surface area contributed by atoms with Gasteiger partial charge >= 0.3 is 0 Å². The van der Waals surface area contributed by atoms with Gasteiger partial charge in [-0.2, -0.15) is 0 Å². The van der Waals surface area contributed by atoms with E-state index in [1.165, 1.54) is 75.5 Å². The van der Waals surface area contributed by atoms with Crippen molar-refractivity contribution in [1.82, 2.24) is 4.90 Å². The molecule has 1 aliphatic heterocycles. The van der Waals surface area contributed by atoms with Crippen LogP contribution in [0.5, 0.6) is 5.75 Å². The van der Waals surface area contributed by atoms with Crippen LogP contribution in [-0.4, -0.2) is 28.6 Å². The summed E-state index contributed by atoms with van der Waals surface area (Å²) in [5.41, 5.74) is 3.43. The van der Waals surface area contributed by atoms with Crippen LogP contribution in [0.2, 0.25) is 0 Å². The van der Waals surface area contributed by atoms with E-state index in [2.05, 4.69) is 17.0 Å². The third-order valence-corrected chi connectivity index (χ3v) is 7.41. The van der Waals surface area contributed by atoms with Gasteiger partial charge < -0.3 is 5.11 Å². The van der Waals surface area contributed by atoms with E-state index >= 15 is 0 Å². The van der Waals surface area contributed by atoms with Gasteiger partial charge in [0.1, 0.15) is 5.75 Å². The van der Waals surface area contributed by atoms with Crippen LogP contribution in [0, 0.1) is 5.92 Å². The van der Waals surface area contributed by atoms with Gasteiger partial charge in [0.05, 0.1) is 0 Å². The van der Waals surface area contributed by atoms with Crippen molar-refractivity contribution in [1.29, 1.82) is 0 Å². The summed E-state index contributed by atoms with van der Waals surface area (Å²) in [5.74, 6) is 1.31. The Bertz CT molecular complexity index is 593. The summed E-state index contributed by atoms with van der Waals surface area (Å²) in [6.07, 6.45) is 12.4. The number of benzene rings is 1. The molecule has 118 valence electrons. The predicted molar refractivity (Wildman–Crippen MR) is 88.2 cm³/mol. The topological polar surface area (TPSA) is 23.5 Å². The highest BCUT2D eigenvalue weighted by Crippen LogP contribution is 2.57. The van der Waals surface area contributed by atoms with Crippen molar-refractivity contribution < 1.29 is 5.11 Å². The van der Waals surface area contributed by atoms with Crippen LogP contribution < -0.4 is 0 Å². The fraction of sp³-hybridized carbons (Fsp3) is 0.700. The minimum absolute atomic E-state index is 0.384. The molecular formula is C20H27NO. The van der Waals surface area contributed by atoms with E-state index in [1.54, 1.807) is 0 Å². The zero-order valence-corrected chi connectivity index (χ0v) is 13.4. The molecule has 4 aliphatic rings. The third-order valence-electron chi connectivity index (χ3n) is 7.41. The van der Waals surface area contributed by atoms with E-state index < -0.39 is 0 Å². The molecular weight excluding hydrogens is 270 g/mol. The van der Waals surface area contributed by atoms with Crippen molar-refractivity contribution in [2.24, 2.45) is 5.92 Å². The largest absolute Gasteiger partial charge is 0.508 e. The Balaban J connectivity index is 1.61. The van der Waals surface area contributed by atoms with Crippen LogP contribution in [0.25, 0.3) is 0 Å². The second kappa shape index (κ2) is 4.74. The van der Waals surface area contributed by atoms with E-state index in [0.29, 0.717) is 11.2 Å². The van der Waals surface area contributed by atoms with Crippen molar-refractivity contribution in [2.45, 2.75) is 75.3 Å². The molecule has 1 aromatic carbocycles. The molecule has 0 radical (unpaired) electrons. The van der Waals surface area contributed by atoms with Crippen molar-refractivity contribution in [3.63, 3.8) is 0 Å². The van der Waals surface area contributed by atoms with Gasteiger partial charge in [-0.3, -0.25) is 4.90 Å². The quantitative estimate of drug-likeness (QED) is 0.847. The summed E-state index contributed by atoms with van der Waals surface area (Å²) < 4.78 is 0. The lowest BCUT2D eigenvalue weighted by molar-refractivity contribution is -0.0503. The van der Waals surface area contributed by atoms with Gasteiger partial charge in [-0.1, -0.05) is 25.3 Å². The van der Waals surface area contributed by atoms with Crippen molar-refractivity contribution in [2.75, 3.05) is 6.54 Å². The maximum absolute atomic E-state index is 10.0. The molecule has 1 heterocycles. The zero-order valence-electron chi connectivity index (χ0n) is 13.4. The second-order valence-electron chi connectivity index (χ2n) is 8.19. The van der Waals surface area contributed by atoms with Gasteiger partial charge in [-0.25, -0.2) is 0 Å². The third kappa shape index (κ3) is 1.71. The van der Waals surface area contributed by atoms with Crippen molar-refractivity contribution >= 4 is 0 Å². The van der Waals surface area contributed by atoms with E-state index in [-0.39, 0.29) is 0 Å². The number of nitrogens with zero attached hydrogens (tertiary/aromatic N) is 1. The number of phenolic OH excluding ortho intramolecular Hbond substituents is 1. The first-order chi connectivity index (χ1) is 10.8. The highest BCUT2D eigenvalue weighted by atomic mass is 16.3. The predicted octanol–water partition coefficient (Wildman–Crippen LogP) is 4.00. The highest BCUT2D eigenvalue weighted by molar-refractivity contribution is 5.45. The molecule has 0 unspecified atom stereocenters. The van der Waals surface area contributed by atoms with Crippen LogP contribution >= 0.6 is 0 Å². The lowest BCUT2D eigenvalue weighted by Gasteiger charge is -2.61. The Morgan fingerprint density at radius 1 is 1.05 bits per heavy atom. The van der Waals surface area contributed by atoms with Crippen LogP contribution in [0.3, 0.4) is 0 Å². The molecule has 0 spiro atoms. The molecule has 1 N–H and O–H groups in total. The Labute approximate surface area is 133 Å². The molecule has 0 amide bonds. The molecule has 1 aromatic rings. The Hall–Kier alpha value is -1.02. The zero-order chi connectivity index (χ0) is 14.7. The number of rotatable bonds is 1. The summed E-state index contributed by atoms with van der Waals surface area (Å²) in [6, 6.07) is 7.89. The van der Waals surface area contributed by atoms with E-state index in [4.69, 9.17) is 0 Å². The fourth-order valence-corrected chi connectivity index (χ4v) is 6.19. The summed E-state index contributed by atoms with van der Waals surface area (Å²) in [4.78, 5) is 2.90. The normalized spacial score (nSPS) is 38.0. The lowest BCUT2D eigenvalue weighted by atomic mass is 9.52. The lowest BCUT2D eigenvalue weighted by Crippen LogP contribution is -2.63. The van der Waals surface area contributed by atoms with Crippen LogP contribution in [-0.2, 0) is 11.8 Å². The maximum Gasteiger partial charge on any atom is 0.115 e. The van der Waals surface area contributed by atoms with Crippen LogP contribution in [0.4, 0.5) is 0 Å². The molecule has 22 heavy (non-hydrogen) atoms. The van der Waals surface area contributed by atoms with Gasteiger partial charge in [0.2, 0.25) is 0 Å². The molecule has 5 rings (SSSR count). The number of hydrogen-bond donors (Lipinski definition) is 1. The Morgan fingerprint density at radius 2 is 1.95 bits per heavy atom. The monoisotopic (exact) mass is 297 g/mol. The molecule has 2 bridgehead atoms. The van der Waals surface area contributed by atoms with Gasteiger partial charge in [0, 0.05) is 17.5 Å². The number of likely N-dealkylation sites (tertiary alicyclic amines) is 1. The number of aromatic hydroxyl groups is 1. The molecule has 3 atom stereocenters. The number of phenols is 1. The average Bonchev–Trinajstić information content (AvgIpc) is 2.49. The van der Waals surface area contributed by atoms with Gasteiger partial charge in [-0.15, -0.1) is 0 Å². The summed E-state index contributed by atoms with van der Waals surface area (Å²) in [7, 11) is 0. The van der Waals surface area contributed by atoms with Gasteiger partial charge in [0.25, 0.3) is 0 Å². The minimum atomic E-state index is 0.384. The summed E-state index contributed by atoms with van der Waals surface area (Å²) in [5, 5.41) is 10.0. The van der Waals surface area contributed by atoms with Gasteiger partial charge in [0.15, 0.2) is 0 Å². The molecule has 2 nitrogen and oxygen atoms in total. The summed E-state index contributed by atoms with van der Waals surface area (Å²) >= 11 is 0. The molecule has 1 saturated heterocycles.